The van der Waals surface area contributed by atoms with Crippen molar-refractivity contribution < 1.29 is 29.0 Å². The molecule has 0 saturated carbocycles. The SMILES string of the molecule is COc1cc(Br)cc(/C=C2/C(=O)NN(c3ccccc3)C2=O)c1OCC(=O)O. The Labute approximate surface area is 168 Å². The minimum Gasteiger partial charge on any atom is -0.493 e. The number of anilines is 1. The lowest BCUT2D eigenvalue weighted by Crippen LogP contribution is -2.35. The van der Waals surface area contributed by atoms with Gasteiger partial charge in [-0.15, -0.1) is 0 Å². The molecule has 1 fully saturated rings. The summed E-state index contributed by atoms with van der Waals surface area (Å²) in [5, 5.41) is 10.0. The van der Waals surface area contributed by atoms with E-state index in [1.165, 1.54) is 13.2 Å². The van der Waals surface area contributed by atoms with Crippen LogP contribution in [-0.4, -0.2) is 36.6 Å². The number of benzene rings is 2. The summed E-state index contributed by atoms with van der Waals surface area (Å²) in [6.45, 7) is -0.607. The van der Waals surface area contributed by atoms with E-state index in [9.17, 15) is 14.4 Å². The predicted molar refractivity (Wildman–Crippen MR) is 104 cm³/mol. The van der Waals surface area contributed by atoms with Crippen LogP contribution in [0.3, 0.4) is 0 Å². The number of rotatable bonds is 6. The molecule has 3 rings (SSSR count). The van der Waals surface area contributed by atoms with Crippen LogP contribution in [0.4, 0.5) is 5.69 Å². The molecule has 0 atom stereocenters. The number of carboxylic acid groups (broad SMARTS) is 1. The Morgan fingerprint density at radius 1 is 1.25 bits per heavy atom. The van der Waals surface area contributed by atoms with E-state index >= 15 is 0 Å². The highest BCUT2D eigenvalue weighted by Crippen LogP contribution is 2.37. The highest BCUT2D eigenvalue weighted by molar-refractivity contribution is 9.10. The zero-order valence-corrected chi connectivity index (χ0v) is 16.2. The van der Waals surface area contributed by atoms with Gasteiger partial charge in [0.2, 0.25) is 0 Å². The number of aliphatic carboxylic acids is 1. The van der Waals surface area contributed by atoms with Gasteiger partial charge in [-0.05, 0) is 30.3 Å². The fourth-order valence-electron chi connectivity index (χ4n) is 2.61. The van der Waals surface area contributed by atoms with Gasteiger partial charge in [-0.2, -0.15) is 0 Å². The minimum absolute atomic E-state index is 0.111. The van der Waals surface area contributed by atoms with Gasteiger partial charge in [-0.3, -0.25) is 15.0 Å². The van der Waals surface area contributed by atoms with E-state index in [1.807, 2.05) is 0 Å². The maximum absolute atomic E-state index is 12.7. The number of para-hydroxylation sites is 1. The fourth-order valence-corrected chi connectivity index (χ4v) is 3.06. The highest BCUT2D eigenvalue weighted by atomic mass is 79.9. The molecule has 28 heavy (non-hydrogen) atoms. The number of halogens is 1. The molecule has 2 amide bonds. The lowest BCUT2D eigenvalue weighted by atomic mass is 10.1. The molecule has 1 aliphatic heterocycles. The second kappa shape index (κ2) is 8.13. The average molecular weight is 447 g/mol. The van der Waals surface area contributed by atoms with Crippen LogP contribution >= 0.6 is 15.9 Å². The Morgan fingerprint density at radius 2 is 1.96 bits per heavy atom. The molecule has 0 radical (unpaired) electrons. The second-order valence-electron chi connectivity index (χ2n) is 5.68. The number of hydrazine groups is 1. The first-order valence-corrected chi connectivity index (χ1v) is 8.84. The Hall–Kier alpha value is -3.33. The third-order valence-corrected chi connectivity index (χ3v) is 4.27. The second-order valence-corrected chi connectivity index (χ2v) is 6.60. The number of methoxy groups -OCH3 is 1. The lowest BCUT2D eigenvalue weighted by molar-refractivity contribution is -0.139. The van der Waals surface area contributed by atoms with Crippen molar-refractivity contribution in [3.05, 3.63) is 58.1 Å². The number of carbonyl (C=O) groups excluding carboxylic acids is 2. The third kappa shape index (κ3) is 3.99. The predicted octanol–water partition coefficient (Wildman–Crippen LogP) is 2.38. The first-order valence-electron chi connectivity index (χ1n) is 8.05. The van der Waals surface area contributed by atoms with Crippen LogP contribution in [0.1, 0.15) is 5.56 Å². The Kier molecular flexibility index (Phi) is 5.65. The number of nitrogens with zero attached hydrogens (tertiary/aromatic N) is 1. The number of hydrogen-bond donors (Lipinski definition) is 2. The molecule has 0 spiro atoms. The van der Waals surface area contributed by atoms with Crippen molar-refractivity contribution in [3.8, 4) is 11.5 Å². The van der Waals surface area contributed by atoms with Crippen molar-refractivity contribution in [1.82, 2.24) is 5.43 Å². The molecule has 0 aromatic heterocycles. The van der Waals surface area contributed by atoms with Gasteiger partial charge in [-0.25, -0.2) is 9.80 Å². The summed E-state index contributed by atoms with van der Waals surface area (Å²) in [4.78, 5) is 36.0. The lowest BCUT2D eigenvalue weighted by Gasteiger charge is -2.14. The van der Waals surface area contributed by atoms with E-state index in [0.29, 0.717) is 15.7 Å². The summed E-state index contributed by atoms with van der Waals surface area (Å²) in [6, 6.07) is 11.8. The van der Waals surface area contributed by atoms with Crippen molar-refractivity contribution in [1.29, 1.82) is 0 Å². The van der Waals surface area contributed by atoms with Crippen molar-refractivity contribution in [2.45, 2.75) is 0 Å². The minimum atomic E-state index is -1.17. The summed E-state index contributed by atoms with van der Waals surface area (Å²) in [7, 11) is 1.40. The molecular weight excluding hydrogens is 432 g/mol. The molecule has 1 aliphatic rings. The van der Waals surface area contributed by atoms with Crippen LogP contribution in [0, 0.1) is 0 Å². The number of carbonyl (C=O) groups is 3. The monoisotopic (exact) mass is 446 g/mol. The Balaban J connectivity index is 2.02. The van der Waals surface area contributed by atoms with Crippen molar-refractivity contribution in [2.24, 2.45) is 0 Å². The van der Waals surface area contributed by atoms with Crippen LogP contribution in [-0.2, 0) is 14.4 Å². The van der Waals surface area contributed by atoms with Crippen LogP contribution in [0.5, 0.6) is 11.5 Å². The largest absolute Gasteiger partial charge is 0.493 e. The van der Waals surface area contributed by atoms with Gasteiger partial charge in [0.1, 0.15) is 5.57 Å². The molecule has 0 aliphatic carbocycles. The van der Waals surface area contributed by atoms with Gasteiger partial charge in [-0.1, -0.05) is 34.1 Å². The molecule has 144 valence electrons. The molecule has 8 nitrogen and oxygen atoms in total. The van der Waals surface area contributed by atoms with Gasteiger partial charge in [0.05, 0.1) is 12.8 Å². The molecular formula is C19H15BrN2O6. The fraction of sp³-hybridized carbons (Fsp3) is 0.105. The number of carboxylic acids is 1. The number of ether oxygens (including phenoxy) is 2. The first kappa shape index (κ1) is 19.4. The van der Waals surface area contributed by atoms with Crippen LogP contribution in [0.2, 0.25) is 0 Å². The van der Waals surface area contributed by atoms with Gasteiger partial charge >= 0.3 is 5.97 Å². The van der Waals surface area contributed by atoms with E-state index in [1.54, 1.807) is 42.5 Å². The van der Waals surface area contributed by atoms with Gasteiger partial charge in [0, 0.05) is 10.0 Å². The standard InChI is InChI=1S/C19H15BrN2O6/c1-27-15-9-12(20)7-11(17(15)28-10-16(23)24)8-14-18(25)21-22(19(14)26)13-5-3-2-4-6-13/h2-9H,10H2,1H3,(H,21,25)(H,23,24)/b14-8-. The van der Waals surface area contributed by atoms with Gasteiger partial charge in [0.15, 0.2) is 18.1 Å². The molecule has 1 saturated heterocycles. The Bertz CT molecular complexity index is 974. The quantitative estimate of drug-likeness (QED) is 0.521. The number of amides is 2. The molecule has 0 unspecified atom stereocenters. The molecule has 2 aromatic rings. The van der Waals surface area contributed by atoms with Crippen molar-refractivity contribution >= 4 is 45.5 Å². The van der Waals surface area contributed by atoms with Crippen LogP contribution < -0.4 is 19.9 Å². The summed E-state index contributed by atoms with van der Waals surface area (Å²) < 4.78 is 11.2. The van der Waals surface area contributed by atoms with Crippen molar-refractivity contribution in [3.63, 3.8) is 0 Å². The Morgan fingerprint density at radius 3 is 2.61 bits per heavy atom. The summed E-state index contributed by atoms with van der Waals surface area (Å²) >= 11 is 3.32. The normalized spacial score (nSPS) is 14.9. The van der Waals surface area contributed by atoms with E-state index < -0.39 is 24.4 Å². The van der Waals surface area contributed by atoms with Crippen LogP contribution in [0.15, 0.2) is 52.5 Å². The van der Waals surface area contributed by atoms with E-state index in [2.05, 4.69) is 21.4 Å². The topological polar surface area (TPSA) is 105 Å². The van der Waals surface area contributed by atoms with Gasteiger partial charge < -0.3 is 14.6 Å². The summed E-state index contributed by atoms with van der Waals surface area (Å²) in [5.41, 5.74) is 3.21. The molecule has 0 bridgehead atoms. The summed E-state index contributed by atoms with van der Waals surface area (Å²) in [6.07, 6.45) is 1.34. The molecule has 1 heterocycles. The van der Waals surface area contributed by atoms with E-state index in [0.717, 1.165) is 5.01 Å². The van der Waals surface area contributed by atoms with E-state index in [4.69, 9.17) is 14.6 Å². The van der Waals surface area contributed by atoms with Gasteiger partial charge in [0.25, 0.3) is 11.8 Å². The number of nitrogens with one attached hydrogen (secondary N) is 1. The van der Waals surface area contributed by atoms with E-state index in [-0.39, 0.29) is 17.1 Å². The number of hydrogen-bond acceptors (Lipinski definition) is 5. The zero-order chi connectivity index (χ0) is 20.3. The first-order chi connectivity index (χ1) is 13.4. The van der Waals surface area contributed by atoms with Crippen LogP contribution in [0.25, 0.3) is 6.08 Å². The third-order valence-electron chi connectivity index (χ3n) is 3.81. The molecule has 2 aromatic carbocycles. The molecule has 2 N–H and O–H groups in total. The maximum atomic E-state index is 12.7. The highest BCUT2D eigenvalue weighted by Gasteiger charge is 2.34. The molecule has 9 heteroatoms. The smallest absolute Gasteiger partial charge is 0.341 e. The summed E-state index contributed by atoms with van der Waals surface area (Å²) in [5.74, 6) is -1.93. The van der Waals surface area contributed by atoms with Crippen molar-refractivity contribution in [2.75, 3.05) is 18.7 Å². The maximum Gasteiger partial charge on any atom is 0.341 e. The zero-order valence-electron chi connectivity index (χ0n) is 14.6. The average Bonchev–Trinajstić information content (AvgIpc) is 2.95.